The third-order valence-corrected chi connectivity index (χ3v) is 7.61. The molecule has 168 valence electrons. The molecule has 5 aromatic carbocycles. The Balaban J connectivity index is 1.44. The van der Waals surface area contributed by atoms with E-state index in [1.54, 1.807) is 0 Å². The van der Waals surface area contributed by atoms with Gasteiger partial charge in [-0.05, 0) is 113 Å². The van der Waals surface area contributed by atoms with Crippen molar-refractivity contribution in [1.82, 2.24) is 0 Å². The SMILES string of the molecule is c1ccc(N(c2ccccc2)c2cc(-c3ccc4c(c3)CC4)cc(-c3ccc4c(c3)CC4)c2)cc1. The van der Waals surface area contributed by atoms with Crippen LogP contribution >= 0.6 is 0 Å². The molecule has 2 aliphatic rings. The van der Waals surface area contributed by atoms with E-state index in [2.05, 4.69) is 120 Å². The van der Waals surface area contributed by atoms with Crippen LogP contribution in [0.1, 0.15) is 22.3 Å². The number of aryl methyl sites for hydroxylation is 4. The zero-order chi connectivity index (χ0) is 23.2. The minimum atomic E-state index is 1.16. The lowest BCUT2D eigenvalue weighted by atomic mass is 9.84. The Hall–Kier alpha value is -4.10. The third kappa shape index (κ3) is 3.65. The van der Waals surface area contributed by atoms with Crippen molar-refractivity contribution in [2.45, 2.75) is 25.7 Å². The molecule has 0 bridgehead atoms. The summed E-state index contributed by atoms with van der Waals surface area (Å²) < 4.78 is 0. The Morgan fingerprint density at radius 2 is 0.800 bits per heavy atom. The molecule has 7 rings (SSSR count). The maximum Gasteiger partial charge on any atom is 0.0473 e. The molecular weight excluding hydrogens is 422 g/mol. The molecule has 0 aliphatic heterocycles. The van der Waals surface area contributed by atoms with Gasteiger partial charge in [0.1, 0.15) is 0 Å². The van der Waals surface area contributed by atoms with Crippen molar-refractivity contribution in [2.24, 2.45) is 0 Å². The van der Waals surface area contributed by atoms with Crippen LogP contribution in [0.5, 0.6) is 0 Å². The monoisotopic (exact) mass is 449 g/mol. The summed E-state index contributed by atoms with van der Waals surface area (Å²) in [6.07, 6.45) is 4.82. The molecule has 0 heterocycles. The Morgan fingerprint density at radius 1 is 0.343 bits per heavy atom. The highest BCUT2D eigenvalue weighted by atomic mass is 15.1. The van der Waals surface area contributed by atoms with Crippen LogP contribution < -0.4 is 4.90 Å². The van der Waals surface area contributed by atoms with Gasteiger partial charge in [-0.2, -0.15) is 0 Å². The maximum absolute atomic E-state index is 2.40. The number of fused-ring (bicyclic) bond motifs is 2. The molecule has 0 saturated carbocycles. The second-order valence-electron chi connectivity index (χ2n) is 9.74. The fourth-order valence-electron chi connectivity index (χ4n) is 5.42. The summed E-state index contributed by atoms with van der Waals surface area (Å²) in [7, 11) is 0. The van der Waals surface area contributed by atoms with Crippen molar-refractivity contribution < 1.29 is 0 Å². The van der Waals surface area contributed by atoms with Gasteiger partial charge in [0.05, 0.1) is 0 Å². The first kappa shape index (κ1) is 20.3. The number of nitrogens with zero attached hydrogens (tertiary/aromatic N) is 1. The maximum atomic E-state index is 2.40. The lowest BCUT2D eigenvalue weighted by Crippen LogP contribution is -2.10. The second-order valence-corrected chi connectivity index (χ2v) is 9.74. The summed E-state index contributed by atoms with van der Waals surface area (Å²) in [6, 6.07) is 42.5. The molecule has 5 aromatic rings. The van der Waals surface area contributed by atoms with Gasteiger partial charge in [0.15, 0.2) is 0 Å². The van der Waals surface area contributed by atoms with Crippen molar-refractivity contribution in [3.8, 4) is 22.3 Å². The zero-order valence-electron chi connectivity index (χ0n) is 19.7. The molecule has 1 heteroatoms. The molecule has 0 spiro atoms. The fourth-order valence-corrected chi connectivity index (χ4v) is 5.42. The van der Waals surface area contributed by atoms with Crippen molar-refractivity contribution in [2.75, 3.05) is 4.90 Å². The Bertz CT molecular complexity index is 1420. The molecule has 0 fully saturated rings. The number of anilines is 3. The van der Waals surface area contributed by atoms with E-state index >= 15 is 0 Å². The van der Waals surface area contributed by atoms with E-state index in [9.17, 15) is 0 Å². The van der Waals surface area contributed by atoms with Gasteiger partial charge in [0.2, 0.25) is 0 Å². The number of para-hydroxylation sites is 2. The van der Waals surface area contributed by atoms with Gasteiger partial charge in [-0.3, -0.25) is 0 Å². The third-order valence-electron chi connectivity index (χ3n) is 7.61. The molecule has 0 atom stereocenters. The predicted molar refractivity (Wildman–Crippen MR) is 147 cm³/mol. The molecule has 0 radical (unpaired) electrons. The molecule has 0 N–H and O–H groups in total. The highest BCUT2D eigenvalue weighted by molar-refractivity contribution is 5.85. The first-order chi connectivity index (χ1) is 17.3. The Kier molecular flexibility index (Phi) is 4.80. The summed E-state index contributed by atoms with van der Waals surface area (Å²) in [5, 5.41) is 0. The first-order valence-electron chi connectivity index (χ1n) is 12.6. The van der Waals surface area contributed by atoms with Gasteiger partial charge in [-0.1, -0.05) is 72.8 Å². The van der Waals surface area contributed by atoms with E-state index in [-0.39, 0.29) is 0 Å². The Morgan fingerprint density at radius 3 is 1.20 bits per heavy atom. The van der Waals surface area contributed by atoms with E-state index in [1.165, 1.54) is 75.9 Å². The van der Waals surface area contributed by atoms with E-state index in [1.807, 2.05) is 0 Å². The van der Waals surface area contributed by atoms with Crippen LogP contribution in [0, 0.1) is 0 Å². The van der Waals surface area contributed by atoms with Crippen LogP contribution in [-0.2, 0) is 25.7 Å². The number of hydrogen-bond donors (Lipinski definition) is 0. The van der Waals surface area contributed by atoms with E-state index in [0.29, 0.717) is 0 Å². The summed E-state index contributed by atoms with van der Waals surface area (Å²) in [6.45, 7) is 0. The lowest BCUT2D eigenvalue weighted by molar-refractivity contribution is 0.840. The summed E-state index contributed by atoms with van der Waals surface area (Å²) in [4.78, 5) is 2.37. The zero-order valence-corrected chi connectivity index (χ0v) is 19.7. The quantitative estimate of drug-likeness (QED) is 0.259. The average molecular weight is 450 g/mol. The minimum Gasteiger partial charge on any atom is -0.310 e. The van der Waals surface area contributed by atoms with Gasteiger partial charge in [-0.25, -0.2) is 0 Å². The predicted octanol–water partition coefficient (Wildman–Crippen LogP) is 8.69. The van der Waals surface area contributed by atoms with Gasteiger partial charge < -0.3 is 4.90 Å². The largest absolute Gasteiger partial charge is 0.310 e. The number of hydrogen-bond acceptors (Lipinski definition) is 1. The molecule has 0 amide bonds. The van der Waals surface area contributed by atoms with Gasteiger partial charge in [-0.15, -0.1) is 0 Å². The van der Waals surface area contributed by atoms with Crippen LogP contribution in [0.3, 0.4) is 0 Å². The molecule has 0 saturated heterocycles. The number of benzene rings is 5. The smallest absolute Gasteiger partial charge is 0.0473 e. The standard InChI is InChI=1S/C34H27N/c1-3-7-32(8-4-1)35(33-9-5-2-6-10-33)34-22-30(28-17-13-24-11-15-26(24)19-28)21-31(23-34)29-18-14-25-12-16-27(25)20-29/h1-10,13-14,17-23H,11-12,15-16H2. The van der Waals surface area contributed by atoms with E-state index in [0.717, 1.165) is 11.4 Å². The van der Waals surface area contributed by atoms with Crippen molar-refractivity contribution >= 4 is 17.1 Å². The summed E-state index contributed by atoms with van der Waals surface area (Å²) in [5.74, 6) is 0. The average Bonchev–Trinajstić information content (AvgIpc) is 2.87. The minimum absolute atomic E-state index is 1.16. The molecule has 0 unspecified atom stereocenters. The number of rotatable bonds is 5. The molecule has 1 nitrogen and oxygen atoms in total. The van der Waals surface area contributed by atoms with Gasteiger partial charge in [0.25, 0.3) is 0 Å². The van der Waals surface area contributed by atoms with Crippen LogP contribution in [0.4, 0.5) is 17.1 Å². The second kappa shape index (κ2) is 8.29. The van der Waals surface area contributed by atoms with E-state index in [4.69, 9.17) is 0 Å². The summed E-state index contributed by atoms with van der Waals surface area (Å²) >= 11 is 0. The highest BCUT2D eigenvalue weighted by Crippen LogP contribution is 2.41. The highest BCUT2D eigenvalue weighted by Gasteiger charge is 2.19. The summed E-state index contributed by atoms with van der Waals surface area (Å²) in [5.41, 5.74) is 14.7. The van der Waals surface area contributed by atoms with Crippen molar-refractivity contribution in [1.29, 1.82) is 0 Å². The molecule has 35 heavy (non-hydrogen) atoms. The normalized spacial score (nSPS) is 13.3. The van der Waals surface area contributed by atoms with Crippen molar-refractivity contribution in [3.63, 3.8) is 0 Å². The van der Waals surface area contributed by atoms with Crippen molar-refractivity contribution in [3.05, 3.63) is 138 Å². The molecular formula is C34H27N. The molecule has 2 aliphatic carbocycles. The van der Waals surface area contributed by atoms with Crippen LogP contribution in [-0.4, -0.2) is 0 Å². The lowest BCUT2D eigenvalue weighted by Gasteiger charge is -2.27. The fraction of sp³-hybridized carbons (Fsp3) is 0.118. The topological polar surface area (TPSA) is 3.24 Å². The van der Waals surface area contributed by atoms with Crippen LogP contribution in [0.2, 0.25) is 0 Å². The first-order valence-corrected chi connectivity index (χ1v) is 12.6. The molecule has 0 aromatic heterocycles. The van der Waals surface area contributed by atoms with Gasteiger partial charge >= 0.3 is 0 Å². The van der Waals surface area contributed by atoms with Crippen LogP contribution in [0.25, 0.3) is 22.3 Å². The van der Waals surface area contributed by atoms with Crippen LogP contribution in [0.15, 0.2) is 115 Å². The van der Waals surface area contributed by atoms with E-state index < -0.39 is 0 Å². The van der Waals surface area contributed by atoms with Gasteiger partial charge in [0, 0.05) is 17.1 Å². The Labute approximate surface area is 207 Å².